The molecule has 0 radical (unpaired) electrons. The molecule has 17 heavy (non-hydrogen) atoms. The first-order chi connectivity index (χ1) is 7.99. The fraction of sp³-hybridized carbons (Fsp3) is 0.300. The van der Waals surface area contributed by atoms with E-state index in [1.807, 2.05) is 0 Å². The number of rotatable bonds is 3. The van der Waals surface area contributed by atoms with Gasteiger partial charge in [-0.25, -0.2) is 0 Å². The largest absolute Gasteiger partial charge is 0.482 e. The summed E-state index contributed by atoms with van der Waals surface area (Å²) in [6, 6.07) is 3.06. The summed E-state index contributed by atoms with van der Waals surface area (Å²) in [7, 11) is 0. The molecule has 2 aromatic rings. The SMILES string of the molecule is NCc1cc2nccc(OCC(F)(F)F)c2[nH]1. The molecule has 2 heterocycles. The van der Waals surface area contributed by atoms with Gasteiger partial charge in [0.05, 0.1) is 5.52 Å². The van der Waals surface area contributed by atoms with Gasteiger partial charge in [0, 0.05) is 24.5 Å². The number of aromatic amines is 1. The van der Waals surface area contributed by atoms with Crippen LogP contribution in [0.4, 0.5) is 13.2 Å². The van der Waals surface area contributed by atoms with Crippen molar-refractivity contribution in [3.8, 4) is 5.75 Å². The summed E-state index contributed by atoms with van der Waals surface area (Å²) in [5.41, 5.74) is 7.08. The summed E-state index contributed by atoms with van der Waals surface area (Å²) >= 11 is 0. The van der Waals surface area contributed by atoms with E-state index in [2.05, 4.69) is 9.97 Å². The van der Waals surface area contributed by atoms with E-state index in [4.69, 9.17) is 10.5 Å². The van der Waals surface area contributed by atoms with Crippen LogP contribution in [-0.4, -0.2) is 22.8 Å². The Morgan fingerprint density at radius 1 is 1.41 bits per heavy atom. The normalized spacial score (nSPS) is 12.0. The van der Waals surface area contributed by atoms with Gasteiger partial charge in [-0.05, 0) is 6.07 Å². The highest BCUT2D eigenvalue weighted by atomic mass is 19.4. The highest BCUT2D eigenvalue weighted by molar-refractivity contribution is 5.82. The molecule has 0 atom stereocenters. The lowest BCUT2D eigenvalue weighted by Crippen LogP contribution is -2.19. The summed E-state index contributed by atoms with van der Waals surface area (Å²) in [6.45, 7) is -1.07. The van der Waals surface area contributed by atoms with Crippen LogP contribution in [0.15, 0.2) is 18.3 Å². The Balaban J connectivity index is 2.30. The Kier molecular flexibility index (Phi) is 2.93. The molecule has 0 aliphatic carbocycles. The summed E-state index contributed by atoms with van der Waals surface area (Å²) in [5, 5.41) is 0. The molecule has 2 aromatic heterocycles. The topological polar surface area (TPSA) is 63.9 Å². The number of hydrogen-bond donors (Lipinski definition) is 2. The third-order valence-corrected chi connectivity index (χ3v) is 2.15. The zero-order valence-electron chi connectivity index (χ0n) is 8.71. The molecule has 0 amide bonds. The second-order valence-electron chi connectivity index (χ2n) is 3.47. The quantitative estimate of drug-likeness (QED) is 0.868. The first-order valence-electron chi connectivity index (χ1n) is 4.86. The monoisotopic (exact) mass is 245 g/mol. The number of nitrogens with one attached hydrogen (secondary N) is 1. The summed E-state index contributed by atoms with van der Waals surface area (Å²) < 4.78 is 40.8. The van der Waals surface area contributed by atoms with Crippen molar-refractivity contribution >= 4 is 11.0 Å². The molecule has 3 N–H and O–H groups in total. The minimum absolute atomic E-state index is 0.118. The lowest BCUT2D eigenvalue weighted by molar-refractivity contribution is -0.153. The summed E-state index contributed by atoms with van der Waals surface area (Å²) in [5.74, 6) is 0.118. The molecular weight excluding hydrogens is 235 g/mol. The van der Waals surface area contributed by atoms with E-state index in [9.17, 15) is 13.2 Å². The molecule has 0 saturated carbocycles. The van der Waals surface area contributed by atoms with Gasteiger partial charge in [-0.1, -0.05) is 0 Å². The predicted molar refractivity (Wildman–Crippen MR) is 55.5 cm³/mol. The first kappa shape index (κ1) is 11.7. The zero-order valence-corrected chi connectivity index (χ0v) is 8.71. The zero-order chi connectivity index (χ0) is 12.5. The Labute approximate surface area is 94.6 Å². The number of hydrogen-bond acceptors (Lipinski definition) is 3. The molecule has 2 rings (SSSR count). The van der Waals surface area contributed by atoms with E-state index in [1.165, 1.54) is 12.3 Å². The lowest BCUT2D eigenvalue weighted by Gasteiger charge is -2.09. The first-order valence-corrected chi connectivity index (χ1v) is 4.86. The van der Waals surface area contributed by atoms with Gasteiger partial charge in [-0.2, -0.15) is 13.2 Å². The van der Waals surface area contributed by atoms with E-state index >= 15 is 0 Å². The van der Waals surface area contributed by atoms with E-state index in [-0.39, 0.29) is 12.3 Å². The summed E-state index contributed by atoms with van der Waals surface area (Å²) in [6.07, 6.45) is -2.97. The molecule has 0 unspecified atom stereocenters. The predicted octanol–water partition coefficient (Wildman–Crippen LogP) is 1.96. The smallest absolute Gasteiger partial charge is 0.422 e. The van der Waals surface area contributed by atoms with Crippen molar-refractivity contribution in [2.75, 3.05) is 6.61 Å². The van der Waals surface area contributed by atoms with E-state index in [1.54, 1.807) is 6.07 Å². The average molecular weight is 245 g/mol. The van der Waals surface area contributed by atoms with Crippen LogP contribution in [0.25, 0.3) is 11.0 Å². The molecule has 0 saturated heterocycles. The molecule has 0 aromatic carbocycles. The number of fused-ring (bicyclic) bond motifs is 1. The van der Waals surface area contributed by atoms with Gasteiger partial charge in [0.25, 0.3) is 0 Å². The van der Waals surface area contributed by atoms with Gasteiger partial charge >= 0.3 is 6.18 Å². The van der Waals surface area contributed by atoms with Crippen molar-refractivity contribution in [2.24, 2.45) is 5.73 Å². The highest BCUT2D eigenvalue weighted by Gasteiger charge is 2.28. The third-order valence-electron chi connectivity index (χ3n) is 2.15. The second-order valence-corrected chi connectivity index (χ2v) is 3.47. The van der Waals surface area contributed by atoms with Gasteiger partial charge in [0.15, 0.2) is 6.61 Å². The molecular formula is C10H10F3N3O. The van der Waals surface area contributed by atoms with Gasteiger partial charge < -0.3 is 15.5 Å². The Bertz CT molecular complexity index is 521. The molecule has 7 heteroatoms. The molecule has 0 bridgehead atoms. The maximum absolute atomic E-state index is 12.0. The fourth-order valence-corrected chi connectivity index (χ4v) is 1.45. The Morgan fingerprint density at radius 3 is 2.82 bits per heavy atom. The molecule has 0 aliphatic rings. The van der Waals surface area contributed by atoms with Crippen molar-refractivity contribution in [1.29, 1.82) is 0 Å². The van der Waals surface area contributed by atoms with Crippen LogP contribution in [0, 0.1) is 0 Å². The summed E-state index contributed by atoms with van der Waals surface area (Å²) in [4.78, 5) is 6.88. The van der Waals surface area contributed by atoms with Crippen LogP contribution >= 0.6 is 0 Å². The Morgan fingerprint density at radius 2 is 2.18 bits per heavy atom. The van der Waals surface area contributed by atoms with Gasteiger partial charge in [-0.3, -0.25) is 4.98 Å². The number of halogens is 3. The van der Waals surface area contributed by atoms with Gasteiger partial charge in [0.1, 0.15) is 11.3 Å². The number of pyridine rings is 1. The molecule has 0 spiro atoms. The Hall–Kier alpha value is -1.76. The van der Waals surface area contributed by atoms with Crippen LogP contribution in [0.5, 0.6) is 5.75 Å². The van der Waals surface area contributed by atoms with Crippen molar-refractivity contribution in [2.45, 2.75) is 12.7 Å². The van der Waals surface area contributed by atoms with E-state index < -0.39 is 12.8 Å². The third kappa shape index (κ3) is 2.68. The number of H-pyrrole nitrogens is 1. The highest BCUT2D eigenvalue weighted by Crippen LogP contribution is 2.25. The van der Waals surface area contributed by atoms with Crippen LogP contribution in [0.2, 0.25) is 0 Å². The number of nitrogens with two attached hydrogens (primary N) is 1. The number of nitrogens with zero attached hydrogens (tertiary/aromatic N) is 1. The molecule has 0 aliphatic heterocycles. The minimum atomic E-state index is -4.36. The van der Waals surface area contributed by atoms with Crippen LogP contribution in [-0.2, 0) is 6.54 Å². The van der Waals surface area contributed by atoms with Gasteiger partial charge in [0.2, 0.25) is 0 Å². The maximum Gasteiger partial charge on any atom is 0.422 e. The maximum atomic E-state index is 12.0. The van der Waals surface area contributed by atoms with Gasteiger partial charge in [-0.15, -0.1) is 0 Å². The molecule has 92 valence electrons. The van der Waals surface area contributed by atoms with Crippen molar-refractivity contribution in [3.05, 3.63) is 24.0 Å². The van der Waals surface area contributed by atoms with Crippen molar-refractivity contribution in [1.82, 2.24) is 9.97 Å². The van der Waals surface area contributed by atoms with E-state index in [0.717, 1.165) is 0 Å². The molecule has 0 fully saturated rings. The fourth-order valence-electron chi connectivity index (χ4n) is 1.45. The standard InChI is InChI=1S/C10H10F3N3O/c11-10(12,13)5-17-8-1-2-15-7-3-6(4-14)16-9(7)8/h1-3,16H,4-5,14H2. The van der Waals surface area contributed by atoms with E-state index in [0.29, 0.717) is 16.7 Å². The number of aromatic nitrogens is 2. The average Bonchev–Trinajstić information content (AvgIpc) is 2.68. The second kappa shape index (κ2) is 4.25. The van der Waals surface area contributed by atoms with Crippen LogP contribution < -0.4 is 10.5 Å². The number of alkyl halides is 3. The lowest BCUT2D eigenvalue weighted by atomic mass is 10.3. The molecule has 4 nitrogen and oxygen atoms in total. The van der Waals surface area contributed by atoms with Crippen molar-refractivity contribution < 1.29 is 17.9 Å². The minimum Gasteiger partial charge on any atom is -0.482 e. The number of ether oxygens (including phenoxy) is 1. The van der Waals surface area contributed by atoms with Crippen molar-refractivity contribution in [3.63, 3.8) is 0 Å². The van der Waals surface area contributed by atoms with Crippen LogP contribution in [0.1, 0.15) is 5.69 Å². The van der Waals surface area contributed by atoms with Crippen LogP contribution in [0.3, 0.4) is 0 Å².